The van der Waals surface area contributed by atoms with E-state index in [1.165, 1.54) is 6.39 Å². The monoisotopic (exact) mass is 246 g/mol. The van der Waals surface area contributed by atoms with Gasteiger partial charge in [0, 0.05) is 11.1 Å². The molecule has 0 aliphatic heterocycles. The van der Waals surface area contributed by atoms with Crippen LogP contribution in [0.5, 0.6) is 0 Å². The molecule has 3 N–H and O–H groups in total. The van der Waals surface area contributed by atoms with Crippen LogP contribution >= 0.6 is 0 Å². The number of hydrogen-bond acceptors (Lipinski definition) is 5. The van der Waals surface area contributed by atoms with Crippen LogP contribution in [-0.2, 0) is 4.79 Å². The number of primary amides is 1. The fraction of sp³-hybridized carbons (Fsp3) is 0.0909. The summed E-state index contributed by atoms with van der Waals surface area (Å²) in [7, 11) is 0. The highest BCUT2D eigenvalue weighted by molar-refractivity contribution is 5.96. The number of carbonyl (C=O) groups is 2. The Balaban J connectivity index is 2.08. The van der Waals surface area contributed by atoms with Crippen molar-refractivity contribution >= 4 is 11.8 Å². The molecule has 2 rings (SSSR count). The topological polar surface area (TPSA) is 111 Å². The quantitative estimate of drug-likeness (QED) is 0.785. The normalized spacial score (nSPS) is 10.0. The second kappa shape index (κ2) is 5.09. The number of carbonyl (C=O) groups excluding carboxylic acids is 2. The van der Waals surface area contributed by atoms with Gasteiger partial charge in [-0.15, -0.1) is 10.2 Å². The first-order valence-corrected chi connectivity index (χ1v) is 5.10. The molecule has 1 heterocycles. The molecule has 0 bridgehead atoms. The lowest BCUT2D eigenvalue weighted by Gasteiger charge is -2.03. The molecule has 0 atom stereocenters. The zero-order chi connectivity index (χ0) is 13.0. The van der Waals surface area contributed by atoms with Gasteiger partial charge in [0.05, 0.1) is 6.54 Å². The molecule has 7 nitrogen and oxygen atoms in total. The number of hydrogen-bond donors (Lipinski definition) is 2. The predicted molar refractivity (Wildman–Crippen MR) is 61.3 cm³/mol. The SMILES string of the molecule is NC(=O)CNC(=O)c1ccc(-c2nnco2)cc1. The molecule has 2 aromatic rings. The van der Waals surface area contributed by atoms with Gasteiger partial charge in [0.2, 0.25) is 18.2 Å². The van der Waals surface area contributed by atoms with Crippen molar-refractivity contribution in [1.82, 2.24) is 15.5 Å². The fourth-order valence-corrected chi connectivity index (χ4v) is 1.33. The van der Waals surface area contributed by atoms with E-state index in [1.807, 2.05) is 0 Å². The van der Waals surface area contributed by atoms with Crippen molar-refractivity contribution in [3.63, 3.8) is 0 Å². The van der Waals surface area contributed by atoms with Gasteiger partial charge in [-0.2, -0.15) is 0 Å². The van der Waals surface area contributed by atoms with Crippen LogP contribution in [-0.4, -0.2) is 28.6 Å². The molecule has 0 spiro atoms. The Bertz CT molecular complexity index is 548. The molecule has 0 unspecified atom stereocenters. The van der Waals surface area contributed by atoms with Gasteiger partial charge in [-0.1, -0.05) is 0 Å². The first-order valence-electron chi connectivity index (χ1n) is 5.10. The molecule has 92 valence electrons. The fourth-order valence-electron chi connectivity index (χ4n) is 1.33. The smallest absolute Gasteiger partial charge is 0.251 e. The van der Waals surface area contributed by atoms with Gasteiger partial charge in [-0.05, 0) is 24.3 Å². The summed E-state index contributed by atoms with van der Waals surface area (Å²) in [5.74, 6) is -0.587. The van der Waals surface area contributed by atoms with Crippen LogP contribution in [0.3, 0.4) is 0 Å². The molecule has 1 aromatic carbocycles. The van der Waals surface area contributed by atoms with Crippen molar-refractivity contribution in [1.29, 1.82) is 0 Å². The van der Waals surface area contributed by atoms with Gasteiger partial charge in [-0.25, -0.2) is 0 Å². The lowest BCUT2D eigenvalue weighted by molar-refractivity contribution is -0.117. The van der Waals surface area contributed by atoms with Gasteiger partial charge in [0.25, 0.3) is 5.91 Å². The van der Waals surface area contributed by atoms with E-state index in [9.17, 15) is 9.59 Å². The van der Waals surface area contributed by atoms with Crippen LogP contribution in [0.25, 0.3) is 11.5 Å². The maximum absolute atomic E-state index is 11.6. The number of nitrogens with zero attached hydrogens (tertiary/aromatic N) is 2. The van der Waals surface area contributed by atoms with E-state index < -0.39 is 5.91 Å². The molecule has 18 heavy (non-hydrogen) atoms. The summed E-state index contributed by atoms with van der Waals surface area (Å²) >= 11 is 0. The summed E-state index contributed by atoms with van der Waals surface area (Å²) in [5.41, 5.74) is 6.05. The Labute approximate surface area is 102 Å². The van der Waals surface area contributed by atoms with Crippen LogP contribution in [0, 0.1) is 0 Å². The summed E-state index contributed by atoms with van der Waals surface area (Å²) in [5, 5.41) is 9.69. The molecule has 0 fully saturated rings. The van der Waals surface area contributed by atoms with E-state index in [2.05, 4.69) is 15.5 Å². The predicted octanol–water partition coefficient (Wildman–Crippen LogP) is -0.0483. The minimum atomic E-state index is -0.592. The number of aromatic nitrogens is 2. The summed E-state index contributed by atoms with van der Waals surface area (Å²) < 4.78 is 5.01. The number of amides is 2. The third kappa shape index (κ3) is 2.70. The molecule has 0 saturated carbocycles. The van der Waals surface area contributed by atoms with Crippen LogP contribution in [0.4, 0.5) is 0 Å². The van der Waals surface area contributed by atoms with Crippen molar-refractivity contribution in [2.75, 3.05) is 6.54 Å². The van der Waals surface area contributed by atoms with Gasteiger partial charge < -0.3 is 15.5 Å². The highest BCUT2D eigenvalue weighted by Gasteiger charge is 2.08. The highest BCUT2D eigenvalue weighted by atomic mass is 16.4. The zero-order valence-corrected chi connectivity index (χ0v) is 9.29. The van der Waals surface area contributed by atoms with E-state index in [4.69, 9.17) is 10.2 Å². The number of rotatable bonds is 4. The molecule has 0 aliphatic rings. The van der Waals surface area contributed by atoms with E-state index >= 15 is 0 Å². The second-order valence-corrected chi connectivity index (χ2v) is 3.47. The Morgan fingerprint density at radius 1 is 1.28 bits per heavy atom. The standard InChI is InChI=1S/C11H10N4O3/c12-9(16)5-13-10(17)7-1-3-8(4-2-7)11-15-14-6-18-11/h1-4,6H,5H2,(H2,12,16)(H,13,17). The number of nitrogens with one attached hydrogen (secondary N) is 1. The van der Waals surface area contributed by atoms with Crippen LogP contribution in [0.2, 0.25) is 0 Å². The molecule has 0 aliphatic carbocycles. The van der Waals surface area contributed by atoms with Crippen molar-refractivity contribution < 1.29 is 14.0 Å². The second-order valence-electron chi connectivity index (χ2n) is 3.47. The average Bonchev–Trinajstić information content (AvgIpc) is 2.90. The van der Waals surface area contributed by atoms with Gasteiger partial charge in [0.1, 0.15) is 0 Å². The van der Waals surface area contributed by atoms with Gasteiger partial charge in [-0.3, -0.25) is 9.59 Å². The minimum absolute atomic E-state index is 0.190. The summed E-state index contributed by atoms with van der Waals surface area (Å²) in [4.78, 5) is 22.1. The van der Waals surface area contributed by atoms with E-state index in [0.29, 0.717) is 17.0 Å². The van der Waals surface area contributed by atoms with Gasteiger partial charge >= 0.3 is 0 Å². The molecular weight excluding hydrogens is 236 g/mol. The molecule has 7 heteroatoms. The zero-order valence-electron chi connectivity index (χ0n) is 9.29. The van der Waals surface area contributed by atoms with E-state index in [1.54, 1.807) is 24.3 Å². The first-order chi connectivity index (χ1) is 8.66. The maximum Gasteiger partial charge on any atom is 0.251 e. The lowest BCUT2D eigenvalue weighted by Crippen LogP contribution is -2.33. The van der Waals surface area contributed by atoms with Gasteiger partial charge in [0.15, 0.2) is 0 Å². The molecule has 2 amide bonds. The van der Waals surface area contributed by atoms with Crippen molar-refractivity contribution in [2.45, 2.75) is 0 Å². The third-order valence-electron chi connectivity index (χ3n) is 2.18. The molecule has 0 radical (unpaired) electrons. The minimum Gasteiger partial charge on any atom is -0.423 e. The summed E-state index contributed by atoms with van der Waals surface area (Å²) in [6.07, 6.45) is 1.23. The molecule has 1 aromatic heterocycles. The summed E-state index contributed by atoms with van der Waals surface area (Å²) in [6, 6.07) is 6.53. The van der Waals surface area contributed by atoms with E-state index in [-0.39, 0.29) is 12.5 Å². The summed E-state index contributed by atoms with van der Waals surface area (Å²) in [6.45, 7) is -0.190. The largest absolute Gasteiger partial charge is 0.423 e. The van der Waals surface area contributed by atoms with Crippen molar-refractivity contribution in [2.24, 2.45) is 5.73 Å². The van der Waals surface area contributed by atoms with Crippen LogP contribution in [0.15, 0.2) is 35.1 Å². The number of benzene rings is 1. The average molecular weight is 246 g/mol. The van der Waals surface area contributed by atoms with Crippen LogP contribution in [0.1, 0.15) is 10.4 Å². The lowest BCUT2D eigenvalue weighted by atomic mass is 10.1. The third-order valence-corrected chi connectivity index (χ3v) is 2.18. The van der Waals surface area contributed by atoms with E-state index in [0.717, 1.165) is 0 Å². The molecule has 0 saturated heterocycles. The Hall–Kier alpha value is -2.70. The Morgan fingerprint density at radius 2 is 2.00 bits per heavy atom. The van der Waals surface area contributed by atoms with Crippen molar-refractivity contribution in [3.05, 3.63) is 36.2 Å². The van der Waals surface area contributed by atoms with Crippen molar-refractivity contribution in [3.8, 4) is 11.5 Å². The highest BCUT2D eigenvalue weighted by Crippen LogP contribution is 2.16. The first kappa shape index (κ1) is 11.8. The number of nitrogens with two attached hydrogens (primary N) is 1. The maximum atomic E-state index is 11.6. The van der Waals surface area contributed by atoms with Crippen LogP contribution < -0.4 is 11.1 Å². The Morgan fingerprint density at radius 3 is 2.56 bits per heavy atom. The molecular formula is C11H10N4O3. The Kier molecular flexibility index (Phi) is 3.33.